The maximum atomic E-state index is 11.1. The summed E-state index contributed by atoms with van der Waals surface area (Å²) in [4.78, 5) is 15.5. The van der Waals surface area contributed by atoms with Gasteiger partial charge in [-0.05, 0) is 35.9 Å². The number of hydrogen-bond acceptors (Lipinski definition) is 3. The topological polar surface area (TPSA) is 78.9 Å². The van der Waals surface area contributed by atoms with Gasteiger partial charge in [-0.25, -0.2) is 4.79 Å². The van der Waals surface area contributed by atoms with Gasteiger partial charge in [0.2, 0.25) is 0 Å². The predicted octanol–water partition coefficient (Wildman–Crippen LogP) is 4.35. The molecule has 128 valence electrons. The SMILES string of the molecule is N#C/C(=C\c1cc(-c2ccccc2Br)n(Cc2ccccn2)c1)C(=O)O. The number of carboxylic acid groups (broad SMARTS) is 1. The highest BCUT2D eigenvalue weighted by atomic mass is 79.9. The number of carboxylic acids is 1. The highest BCUT2D eigenvalue weighted by molar-refractivity contribution is 9.10. The first kappa shape index (κ1) is 17.6. The number of hydrogen-bond donors (Lipinski definition) is 1. The number of benzene rings is 1. The summed E-state index contributed by atoms with van der Waals surface area (Å²) in [6.45, 7) is 0.528. The van der Waals surface area contributed by atoms with Crippen molar-refractivity contribution < 1.29 is 9.90 Å². The second-order valence-electron chi connectivity index (χ2n) is 5.56. The molecule has 0 spiro atoms. The van der Waals surface area contributed by atoms with Crippen LogP contribution in [0.1, 0.15) is 11.3 Å². The Morgan fingerprint density at radius 3 is 2.69 bits per heavy atom. The van der Waals surface area contributed by atoms with E-state index >= 15 is 0 Å². The Morgan fingerprint density at radius 2 is 2.04 bits per heavy atom. The van der Waals surface area contributed by atoms with Crippen LogP contribution in [0.3, 0.4) is 0 Å². The summed E-state index contributed by atoms with van der Waals surface area (Å²) in [7, 11) is 0. The van der Waals surface area contributed by atoms with Gasteiger partial charge in [-0.3, -0.25) is 4.98 Å². The van der Waals surface area contributed by atoms with Gasteiger partial charge in [-0.15, -0.1) is 0 Å². The molecule has 5 nitrogen and oxygen atoms in total. The van der Waals surface area contributed by atoms with Gasteiger partial charge < -0.3 is 9.67 Å². The molecular formula is C20H14BrN3O2. The van der Waals surface area contributed by atoms with E-state index in [1.807, 2.05) is 59.3 Å². The number of nitrogens with zero attached hydrogens (tertiary/aromatic N) is 3. The highest BCUT2D eigenvalue weighted by Gasteiger charge is 2.13. The average molecular weight is 408 g/mol. The standard InChI is InChI=1S/C20H14BrN3O2/c21-18-7-2-1-6-17(18)19-10-14(9-15(11-22)20(25)26)12-24(19)13-16-5-3-4-8-23-16/h1-10,12H,13H2,(H,25,26)/b15-9+. The van der Waals surface area contributed by atoms with E-state index in [2.05, 4.69) is 20.9 Å². The van der Waals surface area contributed by atoms with Gasteiger partial charge in [-0.2, -0.15) is 5.26 Å². The van der Waals surface area contributed by atoms with Gasteiger partial charge in [0.15, 0.2) is 0 Å². The van der Waals surface area contributed by atoms with Gasteiger partial charge in [0, 0.05) is 22.4 Å². The Hall–Kier alpha value is -3.17. The predicted molar refractivity (Wildman–Crippen MR) is 102 cm³/mol. The van der Waals surface area contributed by atoms with E-state index in [9.17, 15) is 4.79 Å². The van der Waals surface area contributed by atoms with Crippen LogP contribution in [0.15, 0.2) is 71.0 Å². The third-order valence-electron chi connectivity index (χ3n) is 3.79. The molecule has 0 atom stereocenters. The van der Waals surface area contributed by atoms with Crippen molar-refractivity contribution in [3.05, 3.63) is 82.2 Å². The molecule has 2 heterocycles. The summed E-state index contributed by atoms with van der Waals surface area (Å²) >= 11 is 3.56. The summed E-state index contributed by atoms with van der Waals surface area (Å²) in [6, 6.07) is 17.1. The fourth-order valence-corrected chi connectivity index (χ4v) is 3.10. The lowest BCUT2D eigenvalue weighted by atomic mass is 10.1. The van der Waals surface area contributed by atoms with Gasteiger partial charge in [-0.1, -0.05) is 40.2 Å². The molecule has 3 rings (SSSR count). The van der Waals surface area contributed by atoms with Gasteiger partial charge >= 0.3 is 5.97 Å². The van der Waals surface area contributed by atoms with Crippen LogP contribution in [0, 0.1) is 11.3 Å². The van der Waals surface area contributed by atoms with E-state index in [0.717, 1.165) is 21.4 Å². The molecule has 0 fully saturated rings. The van der Waals surface area contributed by atoms with Crippen molar-refractivity contribution in [2.75, 3.05) is 0 Å². The Balaban J connectivity index is 2.10. The maximum Gasteiger partial charge on any atom is 0.346 e. The Morgan fingerprint density at radius 1 is 1.27 bits per heavy atom. The van der Waals surface area contributed by atoms with Crippen LogP contribution >= 0.6 is 15.9 Å². The van der Waals surface area contributed by atoms with Crippen molar-refractivity contribution in [3.8, 4) is 17.3 Å². The molecule has 1 N–H and O–H groups in total. The average Bonchev–Trinajstić information content (AvgIpc) is 3.03. The Bertz CT molecular complexity index is 1020. The molecule has 3 aromatic rings. The van der Waals surface area contributed by atoms with Crippen LogP contribution in [0.25, 0.3) is 17.3 Å². The number of halogens is 1. The third kappa shape index (κ3) is 3.90. The van der Waals surface area contributed by atoms with Crippen molar-refractivity contribution in [3.63, 3.8) is 0 Å². The van der Waals surface area contributed by atoms with Crippen LogP contribution in [0.5, 0.6) is 0 Å². The molecule has 0 aliphatic rings. The molecule has 6 heteroatoms. The van der Waals surface area contributed by atoms with Crippen molar-refractivity contribution in [1.82, 2.24) is 9.55 Å². The van der Waals surface area contributed by atoms with Crippen molar-refractivity contribution in [2.24, 2.45) is 0 Å². The van der Waals surface area contributed by atoms with Gasteiger partial charge in [0.05, 0.1) is 17.9 Å². The summed E-state index contributed by atoms with van der Waals surface area (Å²) in [5.74, 6) is -1.24. The van der Waals surface area contributed by atoms with E-state index in [4.69, 9.17) is 10.4 Å². The molecule has 26 heavy (non-hydrogen) atoms. The lowest BCUT2D eigenvalue weighted by Crippen LogP contribution is -2.02. The smallest absolute Gasteiger partial charge is 0.346 e. The molecule has 0 saturated heterocycles. The summed E-state index contributed by atoms with van der Waals surface area (Å²) in [5, 5.41) is 18.1. The molecular weight excluding hydrogens is 394 g/mol. The molecule has 0 aliphatic carbocycles. The lowest BCUT2D eigenvalue weighted by molar-refractivity contribution is -0.132. The van der Waals surface area contributed by atoms with Gasteiger partial charge in [0.1, 0.15) is 11.6 Å². The molecule has 2 aromatic heterocycles. The first-order chi connectivity index (χ1) is 12.6. The second-order valence-corrected chi connectivity index (χ2v) is 6.42. The molecule has 1 aromatic carbocycles. The third-order valence-corrected chi connectivity index (χ3v) is 4.48. The van der Waals surface area contributed by atoms with Crippen molar-refractivity contribution in [1.29, 1.82) is 5.26 Å². The molecule has 0 aliphatic heterocycles. The first-order valence-corrected chi connectivity index (χ1v) is 8.58. The zero-order valence-corrected chi connectivity index (χ0v) is 15.2. The Labute approximate surface area is 159 Å². The second kappa shape index (κ2) is 7.81. The fourth-order valence-electron chi connectivity index (χ4n) is 2.61. The number of carbonyl (C=O) groups is 1. The number of aliphatic carboxylic acids is 1. The van der Waals surface area contributed by atoms with Crippen LogP contribution in [-0.2, 0) is 11.3 Å². The number of aromatic nitrogens is 2. The summed E-state index contributed by atoms with van der Waals surface area (Å²) in [6.07, 6.45) is 4.93. The van der Waals surface area contributed by atoms with Crippen molar-refractivity contribution >= 4 is 28.0 Å². The van der Waals surface area contributed by atoms with Crippen LogP contribution in [-0.4, -0.2) is 20.6 Å². The summed E-state index contributed by atoms with van der Waals surface area (Å²) in [5.41, 5.74) is 3.09. The zero-order chi connectivity index (χ0) is 18.5. The van der Waals surface area contributed by atoms with E-state index in [0.29, 0.717) is 12.1 Å². The quantitative estimate of drug-likeness (QED) is 0.503. The number of rotatable bonds is 5. The minimum Gasteiger partial charge on any atom is -0.477 e. The van der Waals surface area contributed by atoms with Gasteiger partial charge in [0.25, 0.3) is 0 Å². The van der Waals surface area contributed by atoms with Crippen LogP contribution in [0.2, 0.25) is 0 Å². The first-order valence-electron chi connectivity index (χ1n) is 7.78. The molecule has 0 saturated carbocycles. The Kier molecular flexibility index (Phi) is 5.30. The molecule has 0 radical (unpaired) electrons. The van der Waals surface area contributed by atoms with E-state index in [1.54, 1.807) is 12.3 Å². The van der Waals surface area contributed by atoms with E-state index < -0.39 is 5.97 Å². The number of pyridine rings is 1. The molecule has 0 unspecified atom stereocenters. The highest BCUT2D eigenvalue weighted by Crippen LogP contribution is 2.30. The van der Waals surface area contributed by atoms with E-state index in [-0.39, 0.29) is 5.57 Å². The normalized spacial score (nSPS) is 11.2. The molecule has 0 bridgehead atoms. The fraction of sp³-hybridized carbons (Fsp3) is 0.0500. The van der Waals surface area contributed by atoms with Crippen LogP contribution in [0.4, 0.5) is 0 Å². The van der Waals surface area contributed by atoms with Crippen LogP contribution < -0.4 is 0 Å². The lowest BCUT2D eigenvalue weighted by Gasteiger charge is -2.10. The zero-order valence-electron chi connectivity index (χ0n) is 13.6. The molecule has 0 amide bonds. The minimum atomic E-state index is -1.24. The van der Waals surface area contributed by atoms with E-state index in [1.165, 1.54) is 6.08 Å². The summed E-state index contributed by atoms with van der Waals surface area (Å²) < 4.78 is 2.92. The maximum absolute atomic E-state index is 11.1. The minimum absolute atomic E-state index is 0.307. The van der Waals surface area contributed by atoms with Crippen molar-refractivity contribution in [2.45, 2.75) is 6.54 Å². The number of nitriles is 1. The largest absolute Gasteiger partial charge is 0.477 e. The monoisotopic (exact) mass is 407 g/mol.